The maximum absolute atomic E-state index is 13.9. The first-order valence-electron chi connectivity index (χ1n) is 8.37. The third kappa shape index (κ3) is 4.84. The van der Waals surface area contributed by atoms with E-state index in [1.807, 2.05) is 11.8 Å². The fraction of sp³-hybridized carbons (Fsp3) is 0.529. The first-order valence-corrected chi connectivity index (χ1v) is 8.37. The highest BCUT2D eigenvalue weighted by Gasteiger charge is 2.26. The van der Waals surface area contributed by atoms with Crippen molar-refractivity contribution in [1.82, 2.24) is 10.6 Å². The predicted octanol–water partition coefficient (Wildman–Crippen LogP) is 1.75. The van der Waals surface area contributed by atoms with Gasteiger partial charge in [0.05, 0.1) is 5.69 Å². The Labute approximate surface area is 141 Å². The lowest BCUT2D eigenvalue weighted by Gasteiger charge is -2.35. The van der Waals surface area contributed by atoms with Crippen LogP contribution in [0.2, 0.25) is 0 Å². The molecule has 6 nitrogen and oxygen atoms in total. The first-order chi connectivity index (χ1) is 11.5. The number of benzene rings is 1. The van der Waals surface area contributed by atoms with E-state index in [1.54, 1.807) is 18.2 Å². The number of primary amides is 1. The van der Waals surface area contributed by atoms with Crippen LogP contribution in [-0.4, -0.2) is 37.1 Å². The summed E-state index contributed by atoms with van der Waals surface area (Å²) in [7, 11) is 0. The number of piperidine rings is 1. The van der Waals surface area contributed by atoms with Crippen molar-refractivity contribution < 1.29 is 14.0 Å². The molecule has 1 aliphatic heterocycles. The molecule has 0 saturated carbocycles. The summed E-state index contributed by atoms with van der Waals surface area (Å²) < 4.78 is 13.9. The molecular formula is C17H25FN4O2. The molecular weight excluding hydrogens is 311 g/mol. The number of anilines is 1. The van der Waals surface area contributed by atoms with E-state index in [0.29, 0.717) is 18.7 Å². The molecule has 0 bridgehead atoms. The van der Waals surface area contributed by atoms with Gasteiger partial charge in [0.2, 0.25) is 5.91 Å². The Hall–Kier alpha value is -2.31. The average molecular weight is 336 g/mol. The fourth-order valence-electron chi connectivity index (χ4n) is 3.05. The maximum Gasteiger partial charge on any atom is 0.312 e. The summed E-state index contributed by atoms with van der Waals surface area (Å²) in [6.45, 7) is 3.23. The third-order valence-corrected chi connectivity index (χ3v) is 4.17. The van der Waals surface area contributed by atoms with Crippen LogP contribution in [-0.2, 0) is 4.79 Å². The van der Waals surface area contributed by atoms with Crippen molar-refractivity contribution in [2.75, 3.05) is 18.0 Å². The van der Waals surface area contributed by atoms with Crippen molar-refractivity contribution in [1.29, 1.82) is 0 Å². The van der Waals surface area contributed by atoms with E-state index in [-0.39, 0.29) is 17.8 Å². The lowest BCUT2D eigenvalue weighted by Crippen LogP contribution is -2.54. The van der Waals surface area contributed by atoms with Gasteiger partial charge < -0.3 is 21.3 Å². The Bertz CT molecular complexity index is 581. The zero-order chi connectivity index (χ0) is 17.5. The van der Waals surface area contributed by atoms with Gasteiger partial charge >= 0.3 is 6.03 Å². The van der Waals surface area contributed by atoms with Crippen LogP contribution in [0.1, 0.15) is 32.6 Å². The Morgan fingerprint density at radius 3 is 2.83 bits per heavy atom. The van der Waals surface area contributed by atoms with Gasteiger partial charge in [-0.25, -0.2) is 9.18 Å². The summed E-state index contributed by atoms with van der Waals surface area (Å²) in [5.41, 5.74) is 5.68. The molecule has 24 heavy (non-hydrogen) atoms. The van der Waals surface area contributed by atoms with E-state index in [4.69, 9.17) is 5.73 Å². The molecule has 1 heterocycles. The Morgan fingerprint density at radius 2 is 2.17 bits per heavy atom. The lowest BCUT2D eigenvalue weighted by molar-refractivity contribution is -0.123. The summed E-state index contributed by atoms with van der Waals surface area (Å²) in [6.07, 6.45) is 2.97. The van der Waals surface area contributed by atoms with Gasteiger partial charge in [-0.3, -0.25) is 4.79 Å². The maximum atomic E-state index is 13.9. The van der Waals surface area contributed by atoms with E-state index in [0.717, 1.165) is 25.8 Å². The van der Waals surface area contributed by atoms with Crippen LogP contribution in [0.3, 0.4) is 0 Å². The van der Waals surface area contributed by atoms with Gasteiger partial charge in [-0.1, -0.05) is 25.5 Å². The van der Waals surface area contributed by atoms with Gasteiger partial charge in [0.15, 0.2) is 0 Å². The predicted molar refractivity (Wildman–Crippen MR) is 91.2 cm³/mol. The number of amides is 3. The highest BCUT2D eigenvalue weighted by atomic mass is 19.1. The van der Waals surface area contributed by atoms with E-state index >= 15 is 0 Å². The minimum absolute atomic E-state index is 0.0834. The molecule has 3 amide bonds. The number of urea groups is 1. The van der Waals surface area contributed by atoms with Crippen molar-refractivity contribution >= 4 is 17.6 Å². The van der Waals surface area contributed by atoms with Crippen LogP contribution in [0.5, 0.6) is 0 Å². The molecule has 132 valence electrons. The van der Waals surface area contributed by atoms with Crippen LogP contribution in [0, 0.1) is 5.82 Å². The topological polar surface area (TPSA) is 87.5 Å². The standard InChI is InChI=1S/C17H25FN4O2/c1-2-6-14(21-17(19)24)16(23)20-12-7-5-10-22(11-12)15-9-4-3-8-13(15)18/h3-4,8-9,12,14H,2,5-7,10-11H2,1H3,(H,20,23)(H3,19,21,24)/t12?,14-/m1/s1. The highest BCUT2D eigenvalue weighted by molar-refractivity contribution is 5.86. The molecule has 1 aliphatic rings. The molecule has 2 atom stereocenters. The van der Waals surface area contributed by atoms with Gasteiger partial charge in [-0.05, 0) is 31.4 Å². The third-order valence-electron chi connectivity index (χ3n) is 4.17. The average Bonchev–Trinajstić information content (AvgIpc) is 2.54. The molecule has 1 fully saturated rings. The van der Waals surface area contributed by atoms with Crippen molar-refractivity contribution in [3.8, 4) is 0 Å². The second-order valence-corrected chi connectivity index (χ2v) is 6.10. The summed E-state index contributed by atoms with van der Waals surface area (Å²) in [4.78, 5) is 25.4. The van der Waals surface area contributed by atoms with Crippen LogP contribution < -0.4 is 21.3 Å². The van der Waals surface area contributed by atoms with Crippen LogP contribution in [0.25, 0.3) is 0 Å². The molecule has 4 N–H and O–H groups in total. The van der Waals surface area contributed by atoms with Gasteiger partial charge in [0, 0.05) is 19.1 Å². The van der Waals surface area contributed by atoms with Crippen molar-refractivity contribution in [3.63, 3.8) is 0 Å². The zero-order valence-electron chi connectivity index (χ0n) is 13.9. The first kappa shape index (κ1) is 18.0. The number of halogens is 1. The molecule has 0 aromatic heterocycles. The molecule has 0 aliphatic carbocycles. The minimum Gasteiger partial charge on any atom is -0.367 e. The van der Waals surface area contributed by atoms with Crippen molar-refractivity contribution in [2.45, 2.75) is 44.7 Å². The quantitative estimate of drug-likeness (QED) is 0.739. The van der Waals surface area contributed by atoms with Crippen molar-refractivity contribution in [3.05, 3.63) is 30.1 Å². The van der Waals surface area contributed by atoms with Gasteiger partial charge in [0.25, 0.3) is 0 Å². The normalized spacial score (nSPS) is 18.8. The molecule has 1 saturated heterocycles. The number of rotatable bonds is 6. The Morgan fingerprint density at radius 1 is 1.42 bits per heavy atom. The van der Waals surface area contributed by atoms with Gasteiger partial charge in [-0.15, -0.1) is 0 Å². The van der Waals surface area contributed by atoms with E-state index in [1.165, 1.54) is 6.07 Å². The number of nitrogens with one attached hydrogen (secondary N) is 2. The molecule has 1 aromatic carbocycles. The van der Waals surface area contributed by atoms with E-state index < -0.39 is 12.1 Å². The summed E-state index contributed by atoms with van der Waals surface area (Å²) in [6, 6.07) is 5.22. The molecule has 2 rings (SSSR count). The molecule has 7 heteroatoms. The van der Waals surface area contributed by atoms with Gasteiger partial charge in [-0.2, -0.15) is 0 Å². The van der Waals surface area contributed by atoms with Crippen LogP contribution in [0.15, 0.2) is 24.3 Å². The largest absolute Gasteiger partial charge is 0.367 e. The SMILES string of the molecule is CCC[C@@H](NC(N)=O)C(=O)NC1CCCN(c2ccccc2F)C1. The zero-order valence-corrected chi connectivity index (χ0v) is 13.9. The van der Waals surface area contributed by atoms with Gasteiger partial charge in [0.1, 0.15) is 11.9 Å². The fourth-order valence-corrected chi connectivity index (χ4v) is 3.05. The minimum atomic E-state index is -0.708. The molecule has 0 radical (unpaired) electrons. The van der Waals surface area contributed by atoms with Crippen LogP contribution in [0.4, 0.5) is 14.9 Å². The summed E-state index contributed by atoms with van der Waals surface area (Å²) >= 11 is 0. The highest BCUT2D eigenvalue weighted by Crippen LogP contribution is 2.23. The van der Waals surface area contributed by atoms with E-state index in [2.05, 4.69) is 10.6 Å². The number of hydrogen-bond acceptors (Lipinski definition) is 3. The molecule has 1 aromatic rings. The number of para-hydroxylation sites is 1. The second-order valence-electron chi connectivity index (χ2n) is 6.10. The summed E-state index contributed by atoms with van der Waals surface area (Å²) in [5, 5.41) is 5.43. The summed E-state index contributed by atoms with van der Waals surface area (Å²) in [5.74, 6) is -0.500. The number of nitrogens with zero attached hydrogens (tertiary/aromatic N) is 1. The number of carbonyl (C=O) groups is 2. The molecule has 1 unspecified atom stereocenters. The Kier molecular flexibility index (Phi) is 6.40. The van der Waals surface area contributed by atoms with Crippen molar-refractivity contribution in [2.24, 2.45) is 5.73 Å². The second kappa shape index (κ2) is 8.52. The molecule has 0 spiro atoms. The number of nitrogens with two attached hydrogens (primary N) is 1. The monoisotopic (exact) mass is 336 g/mol. The lowest BCUT2D eigenvalue weighted by atomic mass is 10.0. The smallest absolute Gasteiger partial charge is 0.312 e. The van der Waals surface area contributed by atoms with E-state index in [9.17, 15) is 14.0 Å². The Balaban J connectivity index is 1.98. The number of carbonyl (C=O) groups excluding carboxylic acids is 2. The number of hydrogen-bond donors (Lipinski definition) is 3. The van der Waals surface area contributed by atoms with Crippen LogP contribution >= 0.6 is 0 Å².